The molecular formula is C16H16BrF2NO. The summed E-state index contributed by atoms with van der Waals surface area (Å²) in [5.74, 6) is -0.879. The van der Waals surface area contributed by atoms with Crippen LogP contribution in [0.5, 0.6) is 11.5 Å². The third-order valence-corrected chi connectivity index (χ3v) is 3.75. The molecule has 0 aromatic heterocycles. The highest BCUT2D eigenvalue weighted by Crippen LogP contribution is 2.32. The van der Waals surface area contributed by atoms with Crippen molar-refractivity contribution in [1.82, 2.24) is 0 Å². The standard InChI is InChI=1S/C16H16BrF2NO/c1-2-12(20)7-10-3-6-15(13(17)8-10)21-16-9-11(18)4-5-14(16)19/h3-6,8-9,12H,2,7,20H2,1H3. The largest absolute Gasteiger partial charge is 0.453 e. The van der Waals surface area contributed by atoms with Crippen molar-refractivity contribution in [3.63, 3.8) is 0 Å². The molecule has 1 atom stereocenters. The van der Waals surface area contributed by atoms with Gasteiger partial charge >= 0.3 is 0 Å². The normalized spacial score (nSPS) is 12.2. The lowest BCUT2D eigenvalue weighted by Crippen LogP contribution is -2.21. The van der Waals surface area contributed by atoms with Crippen molar-refractivity contribution in [2.45, 2.75) is 25.8 Å². The predicted octanol–water partition coefficient (Wildman–Crippen LogP) is 4.80. The van der Waals surface area contributed by atoms with E-state index in [2.05, 4.69) is 15.9 Å². The summed E-state index contributed by atoms with van der Waals surface area (Å²) in [5.41, 5.74) is 6.97. The first-order chi connectivity index (χ1) is 9.99. The number of hydrogen-bond acceptors (Lipinski definition) is 2. The fourth-order valence-corrected chi connectivity index (χ4v) is 2.38. The van der Waals surface area contributed by atoms with Crippen LogP contribution in [0, 0.1) is 11.6 Å². The molecule has 0 radical (unpaired) electrons. The summed E-state index contributed by atoms with van der Waals surface area (Å²) < 4.78 is 32.8. The van der Waals surface area contributed by atoms with Crippen LogP contribution in [-0.2, 0) is 6.42 Å². The molecule has 2 N–H and O–H groups in total. The lowest BCUT2D eigenvalue weighted by molar-refractivity contribution is 0.434. The summed E-state index contributed by atoms with van der Waals surface area (Å²) in [4.78, 5) is 0. The van der Waals surface area contributed by atoms with Crippen LogP contribution in [0.4, 0.5) is 8.78 Å². The molecule has 2 nitrogen and oxygen atoms in total. The Morgan fingerprint density at radius 3 is 2.57 bits per heavy atom. The van der Waals surface area contributed by atoms with Gasteiger partial charge in [0.1, 0.15) is 11.6 Å². The van der Waals surface area contributed by atoms with E-state index >= 15 is 0 Å². The SMILES string of the molecule is CCC(N)Cc1ccc(Oc2cc(F)ccc2F)c(Br)c1. The Kier molecular flexibility index (Phi) is 5.31. The Hall–Kier alpha value is -1.46. The Morgan fingerprint density at radius 2 is 1.90 bits per heavy atom. The second-order valence-electron chi connectivity index (χ2n) is 4.81. The van der Waals surface area contributed by atoms with Crippen LogP contribution in [0.1, 0.15) is 18.9 Å². The van der Waals surface area contributed by atoms with Gasteiger partial charge in [-0.1, -0.05) is 13.0 Å². The third kappa shape index (κ3) is 4.25. The Morgan fingerprint density at radius 1 is 1.14 bits per heavy atom. The molecule has 0 aliphatic carbocycles. The highest BCUT2D eigenvalue weighted by atomic mass is 79.9. The summed E-state index contributed by atoms with van der Waals surface area (Å²) in [7, 11) is 0. The second kappa shape index (κ2) is 7.00. The van der Waals surface area contributed by atoms with E-state index in [4.69, 9.17) is 10.5 Å². The van der Waals surface area contributed by atoms with E-state index in [0.717, 1.165) is 36.6 Å². The van der Waals surface area contributed by atoms with Crippen molar-refractivity contribution in [3.8, 4) is 11.5 Å². The van der Waals surface area contributed by atoms with Crippen molar-refractivity contribution in [2.24, 2.45) is 5.73 Å². The molecule has 2 aromatic carbocycles. The predicted molar refractivity (Wildman–Crippen MR) is 82.5 cm³/mol. The maximum absolute atomic E-state index is 13.6. The van der Waals surface area contributed by atoms with E-state index in [-0.39, 0.29) is 11.8 Å². The molecule has 0 bridgehead atoms. The fraction of sp³-hybridized carbons (Fsp3) is 0.250. The maximum atomic E-state index is 13.6. The molecule has 0 amide bonds. The molecule has 0 fully saturated rings. The van der Waals surface area contributed by atoms with E-state index in [1.165, 1.54) is 0 Å². The van der Waals surface area contributed by atoms with Gasteiger partial charge in [0.05, 0.1) is 4.47 Å². The first-order valence-electron chi connectivity index (χ1n) is 6.66. The van der Waals surface area contributed by atoms with Gasteiger partial charge in [-0.05, 0) is 58.6 Å². The molecule has 1 unspecified atom stereocenters. The quantitative estimate of drug-likeness (QED) is 0.835. The van der Waals surface area contributed by atoms with Crippen LogP contribution in [0.15, 0.2) is 40.9 Å². The van der Waals surface area contributed by atoms with E-state index in [0.29, 0.717) is 10.2 Å². The molecule has 0 spiro atoms. The van der Waals surface area contributed by atoms with Crippen molar-refractivity contribution < 1.29 is 13.5 Å². The summed E-state index contributed by atoms with van der Waals surface area (Å²) in [6.45, 7) is 2.03. The van der Waals surface area contributed by atoms with Gasteiger partial charge in [0.2, 0.25) is 0 Å². The van der Waals surface area contributed by atoms with Crippen LogP contribution in [0.3, 0.4) is 0 Å². The zero-order valence-electron chi connectivity index (χ0n) is 11.6. The number of ether oxygens (including phenoxy) is 1. The molecule has 0 aliphatic heterocycles. The minimum Gasteiger partial charge on any atom is -0.453 e. The number of rotatable bonds is 5. The van der Waals surface area contributed by atoms with Gasteiger partial charge in [0.25, 0.3) is 0 Å². The number of nitrogens with two attached hydrogens (primary N) is 1. The Balaban J connectivity index is 2.19. The van der Waals surface area contributed by atoms with Gasteiger partial charge in [-0.25, -0.2) is 8.78 Å². The maximum Gasteiger partial charge on any atom is 0.166 e. The van der Waals surface area contributed by atoms with Crippen molar-refractivity contribution >= 4 is 15.9 Å². The van der Waals surface area contributed by atoms with Gasteiger partial charge in [-0.15, -0.1) is 0 Å². The van der Waals surface area contributed by atoms with Gasteiger partial charge in [0.15, 0.2) is 11.6 Å². The smallest absolute Gasteiger partial charge is 0.166 e. The average Bonchev–Trinajstić information content (AvgIpc) is 2.45. The van der Waals surface area contributed by atoms with Crippen LogP contribution < -0.4 is 10.5 Å². The molecule has 112 valence electrons. The Labute approximate surface area is 131 Å². The van der Waals surface area contributed by atoms with E-state index in [9.17, 15) is 8.78 Å². The van der Waals surface area contributed by atoms with Crippen LogP contribution >= 0.6 is 15.9 Å². The summed E-state index contributed by atoms with van der Waals surface area (Å²) in [6, 6.07) is 8.66. The number of hydrogen-bond donors (Lipinski definition) is 1. The first kappa shape index (κ1) is 15.9. The summed E-state index contributed by atoms with van der Waals surface area (Å²) in [6.07, 6.45) is 1.65. The minimum atomic E-state index is -0.611. The minimum absolute atomic E-state index is 0.101. The molecule has 2 rings (SSSR count). The Bertz CT molecular complexity index is 634. The van der Waals surface area contributed by atoms with Crippen molar-refractivity contribution in [2.75, 3.05) is 0 Å². The summed E-state index contributed by atoms with van der Waals surface area (Å²) >= 11 is 3.38. The van der Waals surface area contributed by atoms with Crippen molar-refractivity contribution in [3.05, 3.63) is 58.1 Å². The molecule has 0 aliphatic rings. The summed E-state index contributed by atoms with van der Waals surface area (Å²) in [5, 5.41) is 0. The van der Waals surface area contributed by atoms with Crippen molar-refractivity contribution in [1.29, 1.82) is 0 Å². The highest BCUT2D eigenvalue weighted by molar-refractivity contribution is 9.10. The molecule has 0 heterocycles. The van der Waals surface area contributed by atoms with Crippen LogP contribution in [0.2, 0.25) is 0 Å². The molecule has 5 heteroatoms. The van der Waals surface area contributed by atoms with Gasteiger partial charge in [-0.3, -0.25) is 0 Å². The monoisotopic (exact) mass is 355 g/mol. The topological polar surface area (TPSA) is 35.2 Å². The third-order valence-electron chi connectivity index (χ3n) is 3.13. The zero-order valence-corrected chi connectivity index (χ0v) is 13.2. The van der Waals surface area contributed by atoms with Crippen LogP contribution in [-0.4, -0.2) is 6.04 Å². The zero-order chi connectivity index (χ0) is 15.4. The molecular weight excluding hydrogens is 340 g/mol. The van der Waals surface area contributed by atoms with Gasteiger partial charge in [-0.2, -0.15) is 0 Å². The highest BCUT2D eigenvalue weighted by Gasteiger charge is 2.10. The van der Waals surface area contributed by atoms with E-state index < -0.39 is 11.6 Å². The molecule has 21 heavy (non-hydrogen) atoms. The lowest BCUT2D eigenvalue weighted by atomic mass is 10.0. The average molecular weight is 356 g/mol. The molecule has 0 saturated heterocycles. The lowest BCUT2D eigenvalue weighted by Gasteiger charge is -2.12. The first-order valence-corrected chi connectivity index (χ1v) is 7.45. The number of benzene rings is 2. The van der Waals surface area contributed by atoms with Crippen LogP contribution in [0.25, 0.3) is 0 Å². The van der Waals surface area contributed by atoms with E-state index in [1.54, 1.807) is 6.07 Å². The second-order valence-corrected chi connectivity index (χ2v) is 5.67. The fourth-order valence-electron chi connectivity index (χ4n) is 1.88. The van der Waals surface area contributed by atoms with E-state index in [1.807, 2.05) is 19.1 Å². The number of halogens is 3. The molecule has 2 aromatic rings. The van der Waals surface area contributed by atoms with Gasteiger partial charge in [0, 0.05) is 12.1 Å². The molecule has 0 saturated carbocycles. The van der Waals surface area contributed by atoms with Gasteiger partial charge < -0.3 is 10.5 Å².